The van der Waals surface area contributed by atoms with Crippen LogP contribution in [0.1, 0.15) is 0 Å². The summed E-state index contributed by atoms with van der Waals surface area (Å²) < 4.78 is 0. The van der Waals surface area contributed by atoms with Crippen molar-refractivity contribution < 1.29 is 25.2 Å². The van der Waals surface area contributed by atoms with Gasteiger partial charge < -0.3 is 56.8 Å². The molecule has 0 rings (SSSR count). The van der Waals surface area contributed by atoms with Gasteiger partial charge in [0.15, 0.2) is 0 Å². The van der Waals surface area contributed by atoms with E-state index in [2.05, 4.69) is 5.73 Å². The van der Waals surface area contributed by atoms with Crippen LogP contribution in [-0.4, -0.2) is 50.2 Å². The Bertz CT molecular complexity index is 203. The van der Waals surface area contributed by atoms with Crippen molar-refractivity contribution in [3.8, 4) is 0 Å². The van der Waals surface area contributed by atoms with Gasteiger partial charge in [0.25, 0.3) is 0 Å². The number of hydrogen-bond donors (Lipinski definition) is 2. The number of nitrogens with two attached hydrogens (primary N) is 1. The van der Waals surface area contributed by atoms with Crippen LogP contribution in [0, 0.1) is 46.0 Å². The van der Waals surface area contributed by atoms with Gasteiger partial charge >= 0.3 is 23.3 Å². The first-order valence-corrected chi connectivity index (χ1v) is 2.83. The maximum atomic E-state index is 9.24. The second kappa shape index (κ2) is 24.0. The SMILES string of the molecule is NCC(=O)O.O=[N+]([O-])[O-].O=[N+]([O-])[O-].O=[N+]([O-])[O-].[Al+3]. The summed E-state index contributed by atoms with van der Waals surface area (Å²) in [5, 5.41) is 51.8. The molecular weight excluding hydrogens is 283 g/mol. The van der Waals surface area contributed by atoms with Crippen LogP contribution in [0.2, 0.25) is 0 Å². The molecule has 18 heavy (non-hydrogen) atoms. The minimum absolute atomic E-state index is 0. The molecule has 0 atom stereocenters. The molecule has 0 aliphatic heterocycles. The molecule has 0 heterocycles. The average Bonchev–Trinajstić information content (AvgIpc) is 2.00. The van der Waals surface area contributed by atoms with Crippen LogP contribution in [0.5, 0.6) is 0 Å². The molecule has 0 aromatic heterocycles. The first kappa shape index (κ1) is 29.6. The Hall–Kier alpha value is -2.44. The predicted molar refractivity (Wildman–Crippen MR) is 53.5 cm³/mol. The van der Waals surface area contributed by atoms with E-state index in [9.17, 15) is 4.79 Å². The van der Waals surface area contributed by atoms with Crippen LogP contribution in [-0.2, 0) is 4.79 Å². The van der Waals surface area contributed by atoms with Crippen molar-refractivity contribution in [3.63, 3.8) is 0 Å². The zero-order chi connectivity index (χ0) is 15.0. The summed E-state index contributed by atoms with van der Waals surface area (Å²) in [4.78, 5) is 34.0. The Labute approximate surface area is 107 Å². The molecular formula is C2H5AlN4O11. The number of carboxylic acids is 1. The third-order valence-electron chi connectivity index (χ3n) is 0.175. The normalized spacial score (nSPS) is 6.06. The fourth-order valence-corrected chi connectivity index (χ4v) is 0. The number of rotatable bonds is 1. The molecule has 0 aromatic rings. The molecule has 0 bridgehead atoms. The van der Waals surface area contributed by atoms with Gasteiger partial charge in [-0.25, -0.2) is 0 Å². The van der Waals surface area contributed by atoms with Crippen molar-refractivity contribution in [1.82, 2.24) is 0 Å². The van der Waals surface area contributed by atoms with Crippen molar-refractivity contribution in [2.24, 2.45) is 5.73 Å². The minimum atomic E-state index is -1.75. The predicted octanol–water partition coefficient (Wildman–Crippen LogP) is -2.07. The van der Waals surface area contributed by atoms with E-state index in [1.54, 1.807) is 0 Å². The van der Waals surface area contributed by atoms with Crippen molar-refractivity contribution in [2.75, 3.05) is 6.54 Å². The molecule has 0 aliphatic rings. The zero-order valence-corrected chi connectivity index (χ0v) is 9.39. The van der Waals surface area contributed by atoms with E-state index in [4.69, 9.17) is 51.1 Å². The fraction of sp³-hybridized carbons (Fsp3) is 0.500. The van der Waals surface area contributed by atoms with Crippen LogP contribution >= 0.6 is 0 Å². The summed E-state index contributed by atoms with van der Waals surface area (Å²) >= 11 is 0. The summed E-state index contributed by atoms with van der Waals surface area (Å²) in [6.07, 6.45) is 0. The van der Waals surface area contributed by atoms with Crippen molar-refractivity contribution in [2.45, 2.75) is 0 Å². The summed E-state index contributed by atoms with van der Waals surface area (Å²) in [6, 6.07) is 0. The van der Waals surface area contributed by atoms with E-state index >= 15 is 0 Å². The van der Waals surface area contributed by atoms with Gasteiger partial charge in [-0.3, -0.25) is 4.79 Å². The first-order valence-electron chi connectivity index (χ1n) is 2.83. The van der Waals surface area contributed by atoms with Gasteiger partial charge in [-0.1, -0.05) is 0 Å². The van der Waals surface area contributed by atoms with Gasteiger partial charge in [-0.05, 0) is 0 Å². The third-order valence-corrected chi connectivity index (χ3v) is 0.175. The summed E-state index contributed by atoms with van der Waals surface area (Å²) in [7, 11) is 0. The van der Waals surface area contributed by atoms with Gasteiger partial charge in [0, 0.05) is 0 Å². The molecule has 0 unspecified atom stereocenters. The van der Waals surface area contributed by atoms with Crippen LogP contribution in [0.15, 0.2) is 0 Å². The molecule has 0 saturated carbocycles. The molecule has 0 fully saturated rings. The van der Waals surface area contributed by atoms with Gasteiger partial charge in [-0.2, -0.15) is 0 Å². The van der Waals surface area contributed by atoms with Gasteiger partial charge in [0.05, 0.1) is 21.8 Å². The maximum absolute atomic E-state index is 9.24. The smallest absolute Gasteiger partial charge is 0.480 e. The third kappa shape index (κ3) is 11200. The second-order valence-corrected chi connectivity index (χ2v) is 1.27. The topological polar surface area (TPSA) is 262 Å². The number of nitrogens with zero attached hydrogens (tertiary/aromatic N) is 3. The Kier molecular flexibility index (Phi) is 39.5. The van der Waals surface area contributed by atoms with Crippen LogP contribution < -0.4 is 5.73 Å². The summed E-state index contributed by atoms with van der Waals surface area (Å²) in [5.41, 5.74) is 4.57. The summed E-state index contributed by atoms with van der Waals surface area (Å²) in [5.74, 6) is -0.968. The fourth-order valence-electron chi connectivity index (χ4n) is 0. The van der Waals surface area contributed by atoms with E-state index in [1.807, 2.05) is 0 Å². The first-order chi connectivity index (χ1) is 7.47. The van der Waals surface area contributed by atoms with Crippen LogP contribution in [0.3, 0.4) is 0 Å². The molecule has 0 radical (unpaired) electrons. The zero-order valence-electron chi connectivity index (χ0n) is 8.23. The van der Waals surface area contributed by atoms with Crippen molar-refractivity contribution in [1.29, 1.82) is 0 Å². The molecule has 0 saturated heterocycles. The van der Waals surface area contributed by atoms with Gasteiger partial charge in [-0.15, -0.1) is 0 Å². The van der Waals surface area contributed by atoms with E-state index < -0.39 is 21.2 Å². The van der Waals surface area contributed by atoms with Crippen LogP contribution in [0.4, 0.5) is 0 Å². The van der Waals surface area contributed by atoms with E-state index in [0.717, 1.165) is 0 Å². The molecule has 3 N–H and O–H groups in total. The Morgan fingerprint density at radius 1 is 0.889 bits per heavy atom. The molecule has 102 valence electrons. The van der Waals surface area contributed by atoms with Gasteiger partial charge in [0.2, 0.25) is 0 Å². The summed E-state index contributed by atoms with van der Waals surface area (Å²) in [6.45, 7) is -0.278. The number of carbonyl (C=O) groups is 1. The molecule has 0 spiro atoms. The number of aliphatic carboxylic acids is 1. The molecule has 16 heteroatoms. The van der Waals surface area contributed by atoms with Crippen molar-refractivity contribution >= 4 is 23.3 Å². The quantitative estimate of drug-likeness (QED) is 0.299. The Morgan fingerprint density at radius 2 is 0.944 bits per heavy atom. The molecule has 0 aliphatic carbocycles. The Balaban J connectivity index is -0.0000000412. The monoisotopic (exact) mass is 288 g/mol. The molecule has 15 nitrogen and oxygen atoms in total. The second-order valence-electron chi connectivity index (χ2n) is 1.27. The van der Waals surface area contributed by atoms with E-state index in [1.165, 1.54) is 0 Å². The van der Waals surface area contributed by atoms with Crippen molar-refractivity contribution in [3.05, 3.63) is 46.0 Å². The van der Waals surface area contributed by atoms with E-state index in [-0.39, 0.29) is 23.9 Å². The maximum Gasteiger partial charge on any atom is 3.00 e. The van der Waals surface area contributed by atoms with E-state index in [0.29, 0.717) is 0 Å². The Morgan fingerprint density at radius 3 is 0.944 bits per heavy atom. The largest absolute Gasteiger partial charge is 3.00 e. The number of carboxylic acid groups (broad SMARTS) is 1. The average molecular weight is 288 g/mol. The van der Waals surface area contributed by atoms with Crippen LogP contribution in [0.25, 0.3) is 0 Å². The number of hydrogen-bond acceptors (Lipinski definition) is 11. The minimum Gasteiger partial charge on any atom is -0.480 e. The molecule has 0 amide bonds. The molecule has 0 aromatic carbocycles. The standard InChI is InChI=1S/C2H5NO2.Al.3NO3/c3-1-2(4)5;;3*2-1(3)4/h1,3H2,(H,4,5);;;;/q;+3;3*-1. The van der Waals surface area contributed by atoms with Gasteiger partial charge in [0.1, 0.15) is 0 Å².